The Balaban J connectivity index is 1.80. The molecule has 0 radical (unpaired) electrons. The molecule has 1 amide bonds. The fraction of sp³-hybridized carbons (Fsp3) is 0.278. The van der Waals surface area contributed by atoms with E-state index >= 15 is 0 Å². The molecule has 1 aliphatic heterocycles. The highest BCUT2D eigenvalue weighted by atomic mass is 35.5. The standard InChI is InChI=1S/C18H20ClN3O3S/c1-21(2)17-9-6-14(19)12-16(17)20-18(23)13-4-7-15(8-5-13)22-10-3-11-26(22,24)25/h4-9,12H,3,10-11H2,1-2H3,(H,20,23). The molecular weight excluding hydrogens is 374 g/mol. The van der Waals surface area contributed by atoms with Crippen molar-refractivity contribution in [3.8, 4) is 0 Å². The van der Waals surface area contributed by atoms with Crippen LogP contribution in [0.25, 0.3) is 0 Å². The van der Waals surface area contributed by atoms with Gasteiger partial charge in [-0.1, -0.05) is 11.6 Å². The number of benzene rings is 2. The van der Waals surface area contributed by atoms with Crippen LogP contribution < -0.4 is 14.5 Å². The molecule has 0 aromatic heterocycles. The molecule has 6 nitrogen and oxygen atoms in total. The maximum Gasteiger partial charge on any atom is 0.255 e. The lowest BCUT2D eigenvalue weighted by molar-refractivity contribution is 0.102. The summed E-state index contributed by atoms with van der Waals surface area (Å²) in [6, 6.07) is 11.8. The Morgan fingerprint density at radius 3 is 2.42 bits per heavy atom. The number of carbonyl (C=O) groups excluding carboxylic acids is 1. The Labute approximate surface area is 158 Å². The minimum Gasteiger partial charge on any atom is -0.376 e. The number of halogens is 1. The summed E-state index contributed by atoms with van der Waals surface area (Å²) in [5.74, 6) is -0.122. The lowest BCUT2D eigenvalue weighted by Crippen LogP contribution is -2.25. The van der Waals surface area contributed by atoms with E-state index in [1.165, 1.54) is 4.31 Å². The maximum absolute atomic E-state index is 12.6. The molecule has 0 unspecified atom stereocenters. The number of hydrogen-bond acceptors (Lipinski definition) is 4. The van der Waals surface area contributed by atoms with Crippen molar-refractivity contribution in [2.75, 3.05) is 40.9 Å². The van der Waals surface area contributed by atoms with Gasteiger partial charge in [0.2, 0.25) is 10.0 Å². The van der Waals surface area contributed by atoms with Gasteiger partial charge in [0.1, 0.15) is 0 Å². The molecule has 1 N–H and O–H groups in total. The predicted molar refractivity (Wildman–Crippen MR) is 106 cm³/mol. The van der Waals surface area contributed by atoms with E-state index in [0.29, 0.717) is 34.9 Å². The second kappa shape index (κ2) is 7.17. The van der Waals surface area contributed by atoms with E-state index in [4.69, 9.17) is 11.6 Å². The van der Waals surface area contributed by atoms with Crippen molar-refractivity contribution in [2.45, 2.75) is 6.42 Å². The first-order valence-electron chi connectivity index (χ1n) is 8.16. The molecule has 138 valence electrons. The van der Waals surface area contributed by atoms with Gasteiger partial charge in [-0.15, -0.1) is 0 Å². The van der Waals surface area contributed by atoms with E-state index in [2.05, 4.69) is 5.32 Å². The summed E-state index contributed by atoms with van der Waals surface area (Å²) >= 11 is 6.04. The normalized spacial score (nSPS) is 15.7. The number of sulfonamides is 1. The van der Waals surface area contributed by atoms with Crippen LogP contribution in [0.15, 0.2) is 42.5 Å². The van der Waals surface area contributed by atoms with Crippen LogP contribution in [0.2, 0.25) is 5.02 Å². The van der Waals surface area contributed by atoms with Gasteiger partial charge in [0.05, 0.1) is 22.8 Å². The van der Waals surface area contributed by atoms with E-state index < -0.39 is 10.0 Å². The van der Waals surface area contributed by atoms with Crippen LogP contribution in [0.4, 0.5) is 17.1 Å². The van der Waals surface area contributed by atoms with Gasteiger partial charge in [-0.2, -0.15) is 0 Å². The minimum absolute atomic E-state index is 0.164. The summed E-state index contributed by atoms with van der Waals surface area (Å²) < 4.78 is 25.4. The van der Waals surface area contributed by atoms with Gasteiger partial charge >= 0.3 is 0 Å². The Morgan fingerprint density at radius 1 is 1.15 bits per heavy atom. The largest absolute Gasteiger partial charge is 0.376 e. The van der Waals surface area contributed by atoms with Gasteiger partial charge in [-0.05, 0) is 48.9 Å². The highest BCUT2D eigenvalue weighted by Gasteiger charge is 2.28. The van der Waals surface area contributed by atoms with Crippen molar-refractivity contribution in [1.29, 1.82) is 0 Å². The molecule has 3 rings (SSSR count). The first kappa shape index (κ1) is 18.5. The lowest BCUT2D eigenvalue weighted by Gasteiger charge is -2.19. The first-order valence-corrected chi connectivity index (χ1v) is 10.2. The van der Waals surface area contributed by atoms with Crippen LogP contribution in [-0.4, -0.2) is 40.7 Å². The molecule has 1 heterocycles. The summed E-state index contributed by atoms with van der Waals surface area (Å²) in [6.45, 7) is 0.475. The van der Waals surface area contributed by atoms with E-state index in [1.54, 1.807) is 36.4 Å². The second-order valence-electron chi connectivity index (χ2n) is 6.30. The fourth-order valence-electron chi connectivity index (χ4n) is 2.90. The zero-order chi connectivity index (χ0) is 18.9. The zero-order valence-electron chi connectivity index (χ0n) is 14.6. The van der Waals surface area contributed by atoms with Gasteiger partial charge in [0.25, 0.3) is 5.91 Å². The molecular formula is C18H20ClN3O3S. The van der Waals surface area contributed by atoms with Gasteiger partial charge in [0, 0.05) is 31.2 Å². The molecule has 0 atom stereocenters. The number of nitrogens with zero attached hydrogens (tertiary/aromatic N) is 2. The highest BCUT2D eigenvalue weighted by molar-refractivity contribution is 7.93. The van der Waals surface area contributed by atoms with Crippen molar-refractivity contribution in [3.63, 3.8) is 0 Å². The third-order valence-electron chi connectivity index (χ3n) is 4.21. The number of carbonyl (C=O) groups is 1. The molecule has 2 aromatic rings. The molecule has 0 spiro atoms. The second-order valence-corrected chi connectivity index (χ2v) is 8.75. The lowest BCUT2D eigenvalue weighted by atomic mass is 10.1. The quantitative estimate of drug-likeness (QED) is 0.866. The summed E-state index contributed by atoms with van der Waals surface area (Å²) in [4.78, 5) is 14.4. The summed E-state index contributed by atoms with van der Waals surface area (Å²) in [6.07, 6.45) is 0.618. The Kier molecular flexibility index (Phi) is 5.11. The minimum atomic E-state index is -3.23. The van der Waals surface area contributed by atoms with E-state index in [-0.39, 0.29) is 11.7 Å². The van der Waals surface area contributed by atoms with Crippen molar-refractivity contribution >= 4 is 44.6 Å². The molecule has 2 aromatic carbocycles. The van der Waals surface area contributed by atoms with E-state index in [9.17, 15) is 13.2 Å². The van der Waals surface area contributed by atoms with Crippen molar-refractivity contribution in [3.05, 3.63) is 53.1 Å². The van der Waals surface area contributed by atoms with Gasteiger partial charge in [-0.3, -0.25) is 9.10 Å². The average Bonchev–Trinajstić information content (AvgIpc) is 2.94. The first-order chi connectivity index (χ1) is 12.3. The van der Waals surface area contributed by atoms with Crippen LogP contribution in [0.5, 0.6) is 0 Å². The number of amides is 1. The fourth-order valence-corrected chi connectivity index (χ4v) is 4.64. The third-order valence-corrected chi connectivity index (χ3v) is 6.31. The number of hydrogen-bond donors (Lipinski definition) is 1. The molecule has 8 heteroatoms. The topological polar surface area (TPSA) is 69.7 Å². The van der Waals surface area contributed by atoms with Gasteiger partial charge in [0.15, 0.2) is 0 Å². The monoisotopic (exact) mass is 393 g/mol. The molecule has 26 heavy (non-hydrogen) atoms. The maximum atomic E-state index is 12.6. The number of anilines is 3. The molecule has 1 fully saturated rings. The molecule has 0 aliphatic carbocycles. The van der Waals surface area contributed by atoms with E-state index in [0.717, 1.165) is 5.69 Å². The molecule has 1 saturated heterocycles. The average molecular weight is 394 g/mol. The van der Waals surface area contributed by atoms with Crippen LogP contribution in [0.1, 0.15) is 16.8 Å². The summed E-state index contributed by atoms with van der Waals surface area (Å²) in [7, 11) is 0.529. The van der Waals surface area contributed by atoms with Gasteiger partial charge < -0.3 is 10.2 Å². The van der Waals surface area contributed by atoms with Crippen LogP contribution >= 0.6 is 11.6 Å². The van der Waals surface area contributed by atoms with Crippen molar-refractivity contribution < 1.29 is 13.2 Å². The predicted octanol–water partition coefficient (Wildman–Crippen LogP) is 3.20. The summed E-state index contributed by atoms with van der Waals surface area (Å²) in [5.41, 5.74) is 2.46. The van der Waals surface area contributed by atoms with Crippen LogP contribution in [0, 0.1) is 0 Å². The molecule has 1 aliphatic rings. The van der Waals surface area contributed by atoms with Crippen molar-refractivity contribution in [1.82, 2.24) is 0 Å². The Morgan fingerprint density at radius 2 is 1.85 bits per heavy atom. The Bertz CT molecular complexity index is 927. The van der Waals surface area contributed by atoms with Crippen molar-refractivity contribution in [2.24, 2.45) is 0 Å². The third kappa shape index (κ3) is 3.78. The summed E-state index contributed by atoms with van der Waals surface area (Å²) in [5, 5.41) is 3.39. The van der Waals surface area contributed by atoms with E-state index in [1.807, 2.05) is 25.1 Å². The highest BCUT2D eigenvalue weighted by Crippen LogP contribution is 2.29. The molecule has 0 bridgehead atoms. The van der Waals surface area contributed by atoms with Crippen LogP contribution in [0.3, 0.4) is 0 Å². The van der Waals surface area contributed by atoms with Crippen LogP contribution in [-0.2, 0) is 10.0 Å². The molecule has 0 saturated carbocycles. The number of nitrogens with one attached hydrogen (secondary N) is 1. The zero-order valence-corrected chi connectivity index (χ0v) is 16.1. The van der Waals surface area contributed by atoms with Gasteiger partial charge in [-0.25, -0.2) is 8.42 Å². The smallest absolute Gasteiger partial charge is 0.255 e. The Hall–Kier alpha value is -2.25. The SMILES string of the molecule is CN(C)c1ccc(Cl)cc1NC(=O)c1ccc(N2CCCS2(=O)=O)cc1. The number of rotatable bonds is 4.